The Bertz CT molecular complexity index is 965. The van der Waals surface area contributed by atoms with E-state index in [-0.39, 0.29) is 5.56 Å². The van der Waals surface area contributed by atoms with Crippen molar-refractivity contribution in [2.45, 2.75) is 44.9 Å². The van der Waals surface area contributed by atoms with Crippen LogP contribution in [0.5, 0.6) is 0 Å². The molecule has 1 aromatic heterocycles. The molecule has 8 heteroatoms. The number of aromatic nitrogens is 2. The second kappa shape index (κ2) is 7.50. The fourth-order valence-corrected chi connectivity index (χ4v) is 3.75. The Balaban J connectivity index is 1.52. The van der Waals surface area contributed by atoms with Crippen molar-refractivity contribution in [2.24, 2.45) is 4.99 Å². The third-order valence-electron chi connectivity index (χ3n) is 5.21. The fraction of sp³-hybridized carbons (Fsp3) is 0.450. The van der Waals surface area contributed by atoms with E-state index >= 15 is 0 Å². The number of nitrogens with one attached hydrogen (secondary N) is 1. The molecule has 3 heterocycles. The zero-order valence-electron chi connectivity index (χ0n) is 15.4. The van der Waals surface area contributed by atoms with Crippen molar-refractivity contribution < 1.29 is 13.2 Å². The number of aromatic amines is 1. The van der Waals surface area contributed by atoms with Crippen LogP contribution in [0.4, 0.5) is 13.2 Å². The summed E-state index contributed by atoms with van der Waals surface area (Å²) in [6, 6.07) is 5.33. The van der Waals surface area contributed by atoms with Crippen LogP contribution in [0.25, 0.3) is 0 Å². The maximum Gasteiger partial charge on any atom is 0.416 e. The number of fused-ring (bicyclic) bond motifs is 1. The number of halogens is 3. The molecule has 0 saturated carbocycles. The standard InChI is InChI=1S/C20H21F3N4O/c21-20(22,23)14-5-3-4-13(10-14)11-27-9-7-16-15(12-27)19(28)26-18(25-16)17-6-1-2-8-24-17/h3-5,10H,1-2,6-9,11-12H2,(H,25,26,28). The predicted molar refractivity (Wildman–Crippen MR) is 99.4 cm³/mol. The first-order valence-electron chi connectivity index (χ1n) is 9.44. The van der Waals surface area contributed by atoms with Crippen molar-refractivity contribution in [3.8, 4) is 0 Å². The van der Waals surface area contributed by atoms with E-state index in [1.165, 1.54) is 12.1 Å². The van der Waals surface area contributed by atoms with Gasteiger partial charge in [0.15, 0.2) is 5.82 Å². The molecule has 1 N–H and O–H groups in total. The van der Waals surface area contributed by atoms with Crippen molar-refractivity contribution in [1.29, 1.82) is 0 Å². The van der Waals surface area contributed by atoms with Crippen LogP contribution in [-0.2, 0) is 25.7 Å². The summed E-state index contributed by atoms with van der Waals surface area (Å²) in [5, 5.41) is 0. The van der Waals surface area contributed by atoms with E-state index in [0.717, 1.165) is 43.3 Å². The number of aliphatic imine (C=N–C) groups is 1. The van der Waals surface area contributed by atoms with Crippen LogP contribution in [0, 0.1) is 0 Å². The van der Waals surface area contributed by atoms with Gasteiger partial charge in [-0.2, -0.15) is 13.2 Å². The molecule has 2 aliphatic rings. The van der Waals surface area contributed by atoms with E-state index in [1.54, 1.807) is 6.07 Å². The Morgan fingerprint density at radius 3 is 2.79 bits per heavy atom. The average Bonchev–Trinajstić information content (AvgIpc) is 2.68. The van der Waals surface area contributed by atoms with Crippen molar-refractivity contribution in [3.63, 3.8) is 0 Å². The molecule has 2 aliphatic heterocycles. The molecule has 28 heavy (non-hydrogen) atoms. The minimum Gasteiger partial charge on any atom is -0.305 e. The summed E-state index contributed by atoms with van der Waals surface area (Å²) >= 11 is 0. The molecule has 2 aromatic rings. The van der Waals surface area contributed by atoms with Gasteiger partial charge in [0.2, 0.25) is 0 Å². The van der Waals surface area contributed by atoms with E-state index < -0.39 is 11.7 Å². The van der Waals surface area contributed by atoms with Crippen LogP contribution in [0.1, 0.15) is 47.5 Å². The summed E-state index contributed by atoms with van der Waals surface area (Å²) < 4.78 is 38.7. The lowest BCUT2D eigenvalue weighted by atomic mass is 10.0. The van der Waals surface area contributed by atoms with Gasteiger partial charge in [0.25, 0.3) is 5.56 Å². The highest BCUT2D eigenvalue weighted by Crippen LogP contribution is 2.30. The molecule has 0 bridgehead atoms. The van der Waals surface area contributed by atoms with E-state index in [4.69, 9.17) is 0 Å². The largest absolute Gasteiger partial charge is 0.416 e. The molecule has 4 rings (SSSR count). The number of rotatable bonds is 3. The van der Waals surface area contributed by atoms with Crippen LogP contribution in [0.2, 0.25) is 0 Å². The van der Waals surface area contributed by atoms with Gasteiger partial charge in [0, 0.05) is 32.6 Å². The molecule has 5 nitrogen and oxygen atoms in total. The zero-order valence-corrected chi connectivity index (χ0v) is 15.4. The minimum atomic E-state index is -4.36. The number of benzene rings is 1. The molecule has 0 saturated heterocycles. The first kappa shape index (κ1) is 18.9. The van der Waals surface area contributed by atoms with Crippen molar-refractivity contribution >= 4 is 5.71 Å². The fourth-order valence-electron chi connectivity index (χ4n) is 3.75. The second-order valence-corrected chi connectivity index (χ2v) is 7.28. The van der Waals surface area contributed by atoms with Gasteiger partial charge in [-0.15, -0.1) is 0 Å². The number of H-pyrrole nitrogens is 1. The van der Waals surface area contributed by atoms with Gasteiger partial charge < -0.3 is 4.98 Å². The lowest BCUT2D eigenvalue weighted by molar-refractivity contribution is -0.137. The molecule has 0 unspecified atom stereocenters. The van der Waals surface area contributed by atoms with Gasteiger partial charge in [-0.25, -0.2) is 4.98 Å². The highest BCUT2D eigenvalue weighted by Gasteiger charge is 2.30. The van der Waals surface area contributed by atoms with E-state index in [9.17, 15) is 18.0 Å². The molecule has 0 aliphatic carbocycles. The van der Waals surface area contributed by atoms with E-state index in [1.807, 2.05) is 4.90 Å². The Morgan fingerprint density at radius 1 is 1.18 bits per heavy atom. The smallest absolute Gasteiger partial charge is 0.305 e. The second-order valence-electron chi connectivity index (χ2n) is 7.28. The lowest BCUT2D eigenvalue weighted by Crippen LogP contribution is -2.36. The zero-order chi connectivity index (χ0) is 19.7. The molecular weight excluding hydrogens is 369 g/mol. The summed E-state index contributed by atoms with van der Waals surface area (Å²) in [5.41, 5.74) is 1.97. The van der Waals surface area contributed by atoms with Crippen LogP contribution < -0.4 is 5.56 Å². The van der Waals surface area contributed by atoms with Crippen LogP contribution in [0.3, 0.4) is 0 Å². The van der Waals surface area contributed by atoms with E-state index in [0.29, 0.717) is 43.0 Å². The number of hydrogen-bond donors (Lipinski definition) is 1. The van der Waals surface area contributed by atoms with Crippen LogP contribution in [-0.4, -0.2) is 33.7 Å². The van der Waals surface area contributed by atoms with Gasteiger partial charge in [-0.05, 0) is 30.9 Å². The monoisotopic (exact) mass is 390 g/mol. The normalized spacial score (nSPS) is 17.9. The third-order valence-corrected chi connectivity index (χ3v) is 5.21. The van der Waals surface area contributed by atoms with Gasteiger partial charge in [-0.1, -0.05) is 18.2 Å². The molecular formula is C20H21F3N4O. The first-order chi connectivity index (χ1) is 13.4. The molecule has 0 amide bonds. The minimum absolute atomic E-state index is 0.179. The predicted octanol–water partition coefficient (Wildman–Crippen LogP) is 3.32. The molecule has 1 aromatic carbocycles. The highest BCUT2D eigenvalue weighted by molar-refractivity contribution is 5.97. The summed E-state index contributed by atoms with van der Waals surface area (Å²) in [6.07, 6.45) is -0.834. The Labute approximate surface area is 160 Å². The SMILES string of the molecule is O=c1[nH]c(C2=NCCCC2)nc2c1CN(Cc1cccc(C(F)(F)F)c1)CC2. The Kier molecular flexibility index (Phi) is 5.05. The molecule has 0 radical (unpaired) electrons. The molecule has 148 valence electrons. The van der Waals surface area contributed by atoms with Crippen molar-refractivity contribution in [3.05, 3.63) is 62.8 Å². The number of hydrogen-bond acceptors (Lipinski definition) is 4. The van der Waals surface area contributed by atoms with Gasteiger partial charge in [-0.3, -0.25) is 14.7 Å². The van der Waals surface area contributed by atoms with Crippen molar-refractivity contribution in [2.75, 3.05) is 13.1 Å². The summed E-state index contributed by atoms with van der Waals surface area (Å²) in [7, 11) is 0. The maximum atomic E-state index is 12.9. The quantitative estimate of drug-likeness (QED) is 0.875. The Morgan fingerprint density at radius 2 is 2.04 bits per heavy atom. The molecule has 0 atom stereocenters. The van der Waals surface area contributed by atoms with Gasteiger partial charge in [0.1, 0.15) is 0 Å². The average molecular weight is 390 g/mol. The molecule has 0 fully saturated rings. The lowest BCUT2D eigenvalue weighted by Gasteiger charge is -2.28. The first-order valence-corrected chi connectivity index (χ1v) is 9.44. The van der Waals surface area contributed by atoms with Gasteiger partial charge >= 0.3 is 6.18 Å². The maximum absolute atomic E-state index is 12.9. The van der Waals surface area contributed by atoms with Crippen molar-refractivity contribution in [1.82, 2.24) is 14.9 Å². The van der Waals surface area contributed by atoms with Crippen LogP contribution in [0.15, 0.2) is 34.1 Å². The highest BCUT2D eigenvalue weighted by atomic mass is 19.4. The summed E-state index contributed by atoms with van der Waals surface area (Å²) in [4.78, 5) is 26.5. The number of alkyl halides is 3. The van der Waals surface area contributed by atoms with E-state index in [2.05, 4.69) is 15.0 Å². The van der Waals surface area contributed by atoms with Gasteiger partial charge in [0.05, 0.1) is 22.5 Å². The topological polar surface area (TPSA) is 61.4 Å². The Hall–Kier alpha value is -2.48. The third kappa shape index (κ3) is 4.01. The summed E-state index contributed by atoms with van der Waals surface area (Å²) in [6.45, 7) is 2.14. The van der Waals surface area contributed by atoms with Crippen LogP contribution >= 0.6 is 0 Å². The summed E-state index contributed by atoms with van der Waals surface area (Å²) in [5.74, 6) is 0.565. The molecule has 0 spiro atoms. The number of nitrogens with zero attached hydrogens (tertiary/aromatic N) is 3.